The lowest BCUT2D eigenvalue weighted by Crippen LogP contribution is -2.60. The summed E-state index contributed by atoms with van der Waals surface area (Å²) in [4.78, 5) is 53.3. The third-order valence-electron chi connectivity index (χ3n) is 6.37. The second kappa shape index (κ2) is 9.83. The van der Waals surface area contributed by atoms with Crippen LogP contribution in [-0.2, 0) is 9.53 Å². The van der Waals surface area contributed by atoms with E-state index in [1.165, 1.54) is 23.1 Å². The average Bonchev–Trinajstić information content (AvgIpc) is 3.22. The van der Waals surface area contributed by atoms with Crippen LogP contribution in [-0.4, -0.2) is 69.9 Å². The fraction of sp³-hybridized carbons (Fsp3) is 0.400. The van der Waals surface area contributed by atoms with Crippen LogP contribution in [0.15, 0.2) is 54.6 Å². The lowest BCUT2D eigenvalue weighted by Gasteiger charge is -2.44. The largest absolute Gasteiger partial charge is 0.353 e. The molecule has 0 aliphatic carbocycles. The number of carbonyl (C=O) groups excluding carboxylic acids is 3. The fourth-order valence-corrected chi connectivity index (χ4v) is 4.66. The molecule has 0 radical (unpaired) electrons. The van der Waals surface area contributed by atoms with E-state index in [1.807, 2.05) is 19.9 Å². The van der Waals surface area contributed by atoms with Gasteiger partial charge in [-0.1, -0.05) is 24.3 Å². The Morgan fingerprint density at radius 1 is 1.03 bits per heavy atom. The first-order chi connectivity index (χ1) is 16.7. The van der Waals surface area contributed by atoms with E-state index in [0.717, 1.165) is 0 Å². The van der Waals surface area contributed by atoms with Crippen molar-refractivity contribution in [1.29, 1.82) is 0 Å². The molecule has 184 valence electrons. The number of piperidine rings is 1. The highest BCUT2D eigenvalue weighted by Crippen LogP contribution is 2.39. The van der Waals surface area contributed by atoms with Crippen molar-refractivity contribution in [3.63, 3.8) is 0 Å². The van der Waals surface area contributed by atoms with E-state index in [1.54, 1.807) is 35.2 Å². The van der Waals surface area contributed by atoms with Crippen LogP contribution in [0.5, 0.6) is 0 Å². The Morgan fingerprint density at radius 2 is 1.69 bits per heavy atom. The Labute approximate surface area is 203 Å². The fourth-order valence-electron chi connectivity index (χ4n) is 4.66. The first-order valence-corrected chi connectivity index (χ1v) is 11.6. The van der Waals surface area contributed by atoms with Gasteiger partial charge in [-0.3, -0.25) is 29.4 Å². The van der Waals surface area contributed by atoms with Gasteiger partial charge in [0.2, 0.25) is 5.91 Å². The molecule has 10 heteroatoms. The number of nitrogens with zero attached hydrogens (tertiary/aromatic N) is 3. The molecule has 35 heavy (non-hydrogen) atoms. The maximum Gasteiger partial charge on any atom is 0.270 e. The number of non-ortho nitro benzene ring substituents is 1. The van der Waals surface area contributed by atoms with Crippen LogP contribution in [0.25, 0.3) is 0 Å². The molecule has 2 heterocycles. The standard InChI is InChI=1S/C25H28N4O6/c1-17(2)26-22(30)21-16-35-25(28(21)24(32)18-7-4-3-5-8-18)11-13-27(14-12-25)23(31)19-9-6-10-20(15-19)29(33)34/h3-10,15,17,21H,11-14,16H2,1-2H3,(H,26,30). The summed E-state index contributed by atoms with van der Waals surface area (Å²) >= 11 is 0. The van der Waals surface area contributed by atoms with E-state index in [0.29, 0.717) is 18.4 Å². The number of nitro groups is 1. The van der Waals surface area contributed by atoms with Crippen molar-refractivity contribution < 1.29 is 24.0 Å². The van der Waals surface area contributed by atoms with Gasteiger partial charge in [0.25, 0.3) is 17.5 Å². The molecule has 3 amide bonds. The third-order valence-corrected chi connectivity index (χ3v) is 6.37. The lowest BCUT2D eigenvalue weighted by molar-refractivity contribution is -0.384. The minimum atomic E-state index is -1.02. The van der Waals surface area contributed by atoms with Crippen molar-refractivity contribution in [2.45, 2.75) is 44.5 Å². The van der Waals surface area contributed by atoms with Crippen molar-refractivity contribution in [1.82, 2.24) is 15.1 Å². The molecule has 0 aromatic heterocycles. The van der Waals surface area contributed by atoms with Crippen LogP contribution < -0.4 is 5.32 Å². The highest BCUT2D eigenvalue weighted by Gasteiger charge is 2.54. The molecule has 1 atom stereocenters. The summed E-state index contributed by atoms with van der Waals surface area (Å²) in [6.45, 7) is 4.32. The van der Waals surface area contributed by atoms with Crippen LogP contribution >= 0.6 is 0 Å². The Bertz CT molecular complexity index is 1130. The van der Waals surface area contributed by atoms with Gasteiger partial charge in [0.15, 0.2) is 0 Å². The normalized spacial score (nSPS) is 19.1. The van der Waals surface area contributed by atoms with Gasteiger partial charge in [0, 0.05) is 55.2 Å². The molecule has 2 aliphatic heterocycles. The van der Waals surface area contributed by atoms with Crippen LogP contribution in [0.2, 0.25) is 0 Å². The summed E-state index contributed by atoms with van der Waals surface area (Å²) in [5.74, 6) is -0.904. The number of likely N-dealkylation sites (tertiary alicyclic amines) is 1. The summed E-state index contributed by atoms with van der Waals surface area (Å²) in [7, 11) is 0. The van der Waals surface area contributed by atoms with E-state index >= 15 is 0 Å². The van der Waals surface area contributed by atoms with Gasteiger partial charge < -0.3 is 15.0 Å². The van der Waals surface area contributed by atoms with Crippen molar-refractivity contribution in [2.75, 3.05) is 19.7 Å². The molecular formula is C25H28N4O6. The number of nitro benzene ring substituents is 1. The molecule has 2 fully saturated rings. The molecule has 0 bridgehead atoms. The lowest BCUT2D eigenvalue weighted by atomic mass is 9.96. The van der Waals surface area contributed by atoms with Crippen LogP contribution in [0, 0.1) is 10.1 Å². The summed E-state index contributed by atoms with van der Waals surface area (Å²) in [6, 6.07) is 13.5. The molecule has 4 rings (SSSR count). The average molecular weight is 481 g/mol. The Hall–Kier alpha value is -3.79. The van der Waals surface area contributed by atoms with Crippen molar-refractivity contribution in [3.8, 4) is 0 Å². The first kappa shape index (κ1) is 24.3. The van der Waals surface area contributed by atoms with Gasteiger partial charge in [-0.2, -0.15) is 0 Å². The van der Waals surface area contributed by atoms with Crippen LogP contribution in [0.4, 0.5) is 5.69 Å². The summed E-state index contributed by atoms with van der Waals surface area (Å²) in [5.41, 5.74) is -0.489. The Kier molecular flexibility index (Phi) is 6.83. The number of carbonyl (C=O) groups is 3. The van der Waals surface area contributed by atoms with Gasteiger partial charge in [-0.05, 0) is 32.0 Å². The molecule has 0 saturated carbocycles. The molecule has 1 N–H and O–H groups in total. The topological polar surface area (TPSA) is 122 Å². The highest BCUT2D eigenvalue weighted by atomic mass is 16.6. The number of benzene rings is 2. The molecule has 1 spiro atoms. The molecule has 2 aromatic rings. The zero-order chi connectivity index (χ0) is 25.2. The van der Waals surface area contributed by atoms with Crippen molar-refractivity contribution in [3.05, 3.63) is 75.8 Å². The third kappa shape index (κ3) is 4.88. The van der Waals surface area contributed by atoms with E-state index < -0.39 is 16.7 Å². The quantitative estimate of drug-likeness (QED) is 0.519. The number of hydrogen-bond donors (Lipinski definition) is 1. The second-order valence-corrected chi connectivity index (χ2v) is 9.08. The molecular weight excluding hydrogens is 452 g/mol. The number of rotatable bonds is 5. The van der Waals surface area contributed by atoms with Gasteiger partial charge >= 0.3 is 0 Å². The van der Waals surface area contributed by atoms with Crippen molar-refractivity contribution >= 4 is 23.4 Å². The van der Waals surface area contributed by atoms with Crippen molar-refractivity contribution in [2.24, 2.45) is 0 Å². The summed E-state index contributed by atoms with van der Waals surface area (Å²) in [5, 5.41) is 14.0. The zero-order valence-corrected chi connectivity index (χ0v) is 19.7. The van der Waals surface area contributed by atoms with Gasteiger partial charge in [-0.15, -0.1) is 0 Å². The maximum atomic E-state index is 13.6. The zero-order valence-electron chi connectivity index (χ0n) is 19.7. The Morgan fingerprint density at radius 3 is 2.31 bits per heavy atom. The van der Waals surface area contributed by atoms with Gasteiger partial charge in [-0.25, -0.2) is 0 Å². The van der Waals surface area contributed by atoms with E-state index in [9.17, 15) is 24.5 Å². The molecule has 2 aromatic carbocycles. The molecule has 2 aliphatic rings. The van der Waals surface area contributed by atoms with Crippen LogP contribution in [0.1, 0.15) is 47.4 Å². The molecule has 2 saturated heterocycles. The second-order valence-electron chi connectivity index (χ2n) is 9.08. The predicted molar refractivity (Wildman–Crippen MR) is 127 cm³/mol. The summed E-state index contributed by atoms with van der Waals surface area (Å²) < 4.78 is 6.15. The minimum absolute atomic E-state index is 0.0654. The number of ether oxygens (including phenoxy) is 1. The van der Waals surface area contributed by atoms with Crippen LogP contribution in [0.3, 0.4) is 0 Å². The van der Waals surface area contributed by atoms with Gasteiger partial charge in [0.1, 0.15) is 11.8 Å². The van der Waals surface area contributed by atoms with Gasteiger partial charge in [0.05, 0.1) is 11.5 Å². The van der Waals surface area contributed by atoms with E-state index in [2.05, 4.69) is 5.32 Å². The maximum absolute atomic E-state index is 13.6. The monoisotopic (exact) mass is 480 g/mol. The summed E-state index contributed by atoms with van der Waals surface area (Å²) in [6.07, 6.45) is 0.634. The number of hydrogen-bond acceptors (Lipinski definition) is 6. The van der Waals surface area contributed by atoms with E-state index in [-0.39, 0.29) is 54.7 Å². The highest BCUT2D eigenvalue weighted by molar-refractivity contribution is 5.98. The smallest absolute Gasteiger partial charge is 0.270 e. The molecule has 10 nitrogen and oxygen atoms in total. The number of nitrogens with one attached hydrogen (secondary N) is 1. The Balaban J connectivity index is 1.56. The predicted octanol–water partition coefficient (Wildman–Crippen LogP) is 2.59. The number of amides is 3. The first-order valence-electron chi connectivity index (χ1n) is 11.6. The SMILES string of the molecule is CC(C)NC(=O)C1COC2(CCN(C(=O)c3cccc([N+](=O)[O-])c3)CC2)N1C(=O)c1ccccc1. The van der Waals surface area contributed by atoms with E-state index in [4.69, 9.17) is 4.74 Å². The molecule has 1 unspecified atom stereocenters. The minimum Gasteiger partial charge on any atom is -0.353 e.